The van der Waals surface area contributed by atoms with E-state index in [1.807, 2.05) is 0 Å². The molecule has 2 heterocycles. The highest BCUT2D eigenvalue weighted by molar-refractivity contribution is 5.86. The summed E-state index contributed by atoms with van der Waals surface area (Å²) in [6, 6.07) is 2.95. The number of aryl methyl sites for hydroxylation is 2. The summed E-state index contributed by atoms with van der Waals surface area (Å²) in [5, 5.41) is 8.92. The van der Waals surface area contributed by atoms with Crippen LogP contribution in [0.25, 0.3) is 0 Å². The molecule has 0 bridgehead atoms. The fraction of sp³-hybridized carbons (Fsp3) is 0.250. The first-order valence-corrected chi connectivity index (χ1v) is 5.34. The Labute approximate surface area is 103 Å². The van der Waals surface area contributed by atoms with E-state index in [-0.39, 0.29) is 17.9 Å². The molecule has 0 saturated heterocycles. The van der Waals surface area contributed by atoms with Crippen molar-refractivity contribution in [3.05, 3.63) is 51.6 Å². The lowest BCUT2D eigenvalue weighted by Crippen LogP contribution is -2.24. The van der Waals surface area contributed by atoms with Crippen molar-refractivity contribution in [2.45, 2.75) is 20.4 Å². The molecule has 0 unspecified atom stereocenters. The summed E-state index contributed by atoms with van der Waals surface area (Å²) in [5.74, 6) is -0.764. The van der Waals surface area contributed by atoms with Crippen molar-refractivity contribution in [3.63, 3.8) is 0 Å². The maximum absolute atomic E-state index is 11.8. The molecule has 6 nitrogen and oxygen atoms in total. The van der Waals surface area contributed by atoms with Crippen LogP contribution in [0.1, 0.15) is 27.6 Å². The molecule has 2 aromatic rings. The van der Waals surface area contributed by atoms with E-state index < -0.39 is 5.97 Å². The summed E-state index contributed by atoms with van der Waals surface area (Å²) in [6.45, 7) is 3.57. The van der Waals surface area contributed by atoms with Gasteiger partial charge >= 0.3 is 5.97 Å². The second-order valence-corrected chi connectivity index (χ2v) is 3.95. The molecule has 18 heavy (non-hydrogen) atoms. The van der Waals surface area contributed by atoms with Crippen LogP contribution in [-0.4, -0.2) is 20.6 Å². The zero-order valence-corrected chi connectivity index (χ0v) is 10.0. The maximum atomic E-state index is 11.8. The number of aromatic nitrogens is 2. The molecule has 0 aliphatic carbocycles. The number of carboxylic acid groups (broad SMARTS) is 1. The third-order valence-electron chi connectivity index (χ3n) is 2.60. The van der Waals surface area contributed by atoms with Crippen LogP contribution in [0.15, 0.2) is 27.6 Å². The van der Waals surface area contributed by atoms with Crippen molar-refractivity contribution < 1.29 is 14.3 Å². The van der Waals surface area contributed by atoms with Crippen LogP contribution in [-0.2, 0) is 6.54 Å². The van der Waals surface area contributed by atoms with Gasteiger partial charge in [-0.25, -0.2) is 9.78 Å². The average Bonchev–Trinajstić information content (AvgIpc) is 2.71. The lowest BCUT2D eigenvalue weighted by atomic mass is 10.2. The molecule has 0 amide bonds. The highest BCUT2D eigenvalue weighted by Crippen LogP contribution is 2.12. The molecule has 0 aliphatic heterocycles. The van der Waals surface area contributed by atoms with E-state index in [0.29, 0.717) is 17.1 Å². The average molecular weight is 248 g/mol. The van der Waals surface area contributed by atoms with Crippen molar-refractivity contribution in [2.24, 2.45) is 0 Å². The largest absolute Gasteiger partial charge is 0.475 e. The fourth-order valence-electron chi connectivity index (χ4n) is 1.77. The first-order chi connectivity index (χ1) is 8.49. The minimum Gasteiger partial charge on any atom is -0.475 e. The van der Waals surface area contributed by atoms with E-state index in [2.05, 4.69) is 4.98 Å². The van der Waals surface area contributed by atoms with Crippen molar-refractivity contribution in [1.29, 1.82) is 0 Å². The van der Waals surface area contributed by atoms with Crippen LogP contribution >= 0.6 is 0 Å². The number of aromatic carboxylic acids is 1. The van der Waals surface area contributed by atoms with Gasteiger partial charge in [0.05, 0.1) is 12.8 Å². The molecular formula is C12H12N2O4. The van der Waals surface area contributed by atoms with Crippen molar-refractivity contribution in [1.82, 2.24) is 9.55 Å². The number of hydrogen-bond acceptors (Lipinski definition) is 4. The summed E-state index contributed by atoms with van der Waals surface area (Å²) >= 11 is 0. The van der Waals surface area contributed by atoms with Gasteiger partial charge in [0.2, 0.25) is 5.76 Å². The third kappa shape index (κ3) is 2.17. The van der Waals surface area contributed by atoms with Gasteiger partial charge in [-0.05, 0) is 19.9 Å². The predicted octanol–water partition coefficient (Wildman–Crippen LogP) is 1.20. The van der Waals surface area contributed by atoms with E-state index in [1.165, 1.54) is 23.0 Å². The first-order valence-electron chi connectivity index (χ1n) is 5.34. The van der Waals surface area contributed by atoms with Gasteiger partial charge in [0.15, 0.2) is 0 Å². The van der Waals surface area contributed by atoms with Crippen LogP contribution in [0.5, 0.6) is 0 Å². The number of furan rings is 1. The number of hydrogen-bond donors (Lipinski definition) is 1. The molecule has 0 aromatic carbocycles. The van der Waals surface area contributed by atoms with E-state index in [4.69, 9.17) is 9.52 Å². The minimum absolute atomic E-state index is 0.135. The molecule has 94 valence electrons. The van der Waals surface area contributed by atoms with Crippen molar-refractivity contribution >= 4 is 5.97 Å². The molecule has 6 heteroatoms. The lowest BCUT2D eigenvalue weighted by Gasteiger charge is -2.08. The monoisotopic (exact) mass is 248 g/mol. The SMILES string of the molecule is Cc1cc(=O)n(Cc2ccoc2C(=O)O)c(C)n1. The van der Waals surface area contributed by atoms with Crippen LogP contribution in [0, 0.1) is 13.8 Å². The lowest BCUT2D eigenvalue weighted by molar-refractivity contribution is 0.0660. The molecule has 0 atom stereocenters. The Morgan fingerprint density at radius 2 is 2.22 bits per heavy atom. The highest BCUT2D eigenvalue weighted by Gasteiger charge is 2.15. The van der Waals surface area contributed by atoms with Crippen LogP contribution in [0.2, 0.25) is 0 Å². The number of carbonyl (C=O) groups is 1. The Balaban J connectivity index is 2.44. The Bertz CT molecular complexity index is 654. The van der Waals surface area contributed by atoms with Crippen molar-refractivity contribution in [2.75, 3.05) is 0 Å². The molecule has 1 N–H and O–H groups in total. The first kappa shape index (κ1) is 12.1. The second kappa shape index (κ2) is 4.48. The number of carboxylic acids is 1. The number of rotatable bonds is 3. The molecule has 0 aliphatic rings. The van der Waals surface area contributed by atoms with Gasteiger partial charge in [0.25, 0.3) is 5.56 Å². The van der Waals surface area contributed by atoms with Gasteiger partial charge in [0, 0.05) is 17.3 Å². The Morgan fingerprint density at radius 3 is 2.83 bits per heavy atom. The van der Waals surface area contributed by atoms with E-state index in [0.717, 1.165) is 0 Å². The molecule has 2 rings (SSSR count). The van der Waals surface area contributed by atoms with Gasteiger partial charge in [0.1, 0.15) is 5.82 Å². The standard InChI is InChI=1S/C12H12N2O4/c1-7-5-10(15)14(8(2)13-7)6-9-3-4-18-11(9)12(16)17/h3-5H,6H2,1-2H3,(H,16,17). The van der Waals surface area contributed by atoms with Crippen LogP contribution in [0.3, 0.4) is 0 Å². The van der Waals surface area contributed by atoms with Gasteiger partial charge in [-0.2, -0.15) is 0 Å². The topological polar surface area (TPSA) is 85.3 Å². The Kier molecular flexibility index (Phi) is 3.01. The van der Waals surface area contributed by atoms with Crippen LogP contribution in [0.4, 0.5) is 0 Å². The van der Waals surface area contributed by atoms with E-state index in [9.17, 15) is 9.59 Å². The molecule has 0 spiro atoms. The molecular weight excluding hydrogens is 236 g/mol. The van der Waals surface area contributed by atoms with Crippen molar-refractivity contribution in [3.8, 4) is 0 Å². The molecule has 0 saturated carbocycles. The summed E-state index contributed by atoms with van der Waals surface area (Å²) in [4.78, 5) is 26.9. The fourth-order valence-corrected chi connectivity index (χ4v) is 1.77. The molecule has 2 aromatic heterocycles. The predicted molar refractivity (Wildman–Crippen MR) is 62.7 cm³/mol. The van der Waals surface area contributed by atoms with E-state index in [1.54, 1.807) is 13.8 Å². The molecule has 0 radical (unpaired) electrons. The summed E-state index contributed by atoms with van der Waals surface area (Å²) in [5.41, 5.74) is 0.871. The zero-order chi connectivity index (χ0) is 13.3. The highest BCUT2D eigenvalue weighted by atomic mass is 16.4. The zero-order valence-electron chi connectivity index (χ0n) is 10.0. The minimum atomic E-state index is -1.15. The maximum Gasteiger partial charge on any atom is 0.372 e. The molecule has 0 fully saturated rings. The quantitative estimate of drug-likeness (QED) is 0.882. The summed E-state index contributed by atoms with van der Waals surface area (Å²) in [7, 11) is 0. The Hall–Kier alpha value is -2.37. The summed E-state index contributed by atoms with van der Waals surface area (Å²) in [6.07, 6.45) is 1.29. The summed E-state index contributed by atoms with van der Waals surface area (Å²) < 4.78 is 6.27. The van der Waals surface area contributed by atoms with Crippen LogP contribution < -0.4 is 5.56 Å². The van der Waals surface area contributed by atoms with Gasteiger partial charge in [-0.3, -0.25) is 9.36 Å². The smallest absolute Gasteiger partial charge is 0.372 e. The van der Waals surface area contributed by atoms with Gasteiger partial charge < -0.3 is 9.52 Å². The van der Waals surface area contributed by atoms with Gasteiger partial charge in [-0.1, -0.05) is 0 Å². The normalized spacial score (nSPS) is 10.6. The van der Waals surface area contributed by atoms with Gasteiger partial charge in [-0.15, -0.1) is 0 Å². The second-order valence-electron chi connectivity index (χ2n) is 3.95. The van der Waals surface area contributed by atoms with E-state index >= 15 is 0 Å². The third-order valence-corrected chi connectivity index (χ3v) is 2.60. The number of nitrogens with zero attached hydrogens (tertiary/aromatic N) is 2. The Morgan fingerprint density at radius 1 is 1.50 bits per heavy atom.